The third-order valence-electron chi connectivity index (χ3n) is 5.93. The van der Waals surface area contributed by atoms with E-state index in [0.717, 1.165) is 34.7 Å². The Morgan fingerprint density at radius 1 is 1.00 bits per heavy atom. The SMILES string of the molecule is CC[C@@H](C)NC(=O)[C@H](CC)N(Cc1ccccc1)C(=O)CCCN(c1ccc(F)c(F)c1)S(C)(=O)=O. The van der Waals surface area contributed by atoms with Gasteiger partial charge in [0.2, 0.25) is 21.8 Å². The number of rotatable bonds is 13. The molecule has 0 fully saturated rings. The summed E-state index contributed by atoms with van der Waals surface area (Å²) in [6.45, 7) is 5.81. The van der Waals surface area contributed by atoms with E-state index in [4.69, 9.17) is 0 Å². The van der Waals surface area contributed by atoms with Crippen molar-refractivity contribution in [2.75, 3.05) is 17.1 Å². The maximum atomic E-state index is 13.7. The predicted octanol–water partition coefficient (Wildman–Crippen LogP) is 4.23. The number of carbonyl (C=O) groups is 2. The normalized spacial score (nSPS) is 13.1. The molecule has 0 aliphatic carbocycles. The lowest BCUT2D eigenvalue weighted by molar-refractivity contribution is -0.141. The first-order chi connectivity index (χ1) is 17.0. The zero-order chi connectivity index (χ0) is 26.9. The highest BCUT2D eigenvalue weighted by Crippen LogP contribution is 2.22. The Balaban J connectivity index is 2.21. The number of hydrogen-bond donors (Lipinski definition) is 1. The molecule has 0 aliphatic heterocycles. The summed E-state index contributed by atoms with van der Waals surface area (Å²) in [5, 5.41) is 2.94. The monoisotopic (exact) mass is 523 g/mol. The molecule has 0 spiro atoms. The number of halogens is 2. The molecule has 7 nitrogen and oxygen atoms in total. The van der Waals surface area contributed by atoms with E-state index < -0.39 is 27.7 Å². The Hall–Kier alpha value is -3.01. The molecule has 2 amide bonds. The molecule has 1 N–H and O–H groups in total. The molecular weight excluding hydrogens is 488 g/mol. The van der Waals surface area contributed by atoms with Gasteiger partial charge >= 0.3 is 0 Å². The molecule has 0 aromatic heterocycles. The molecular formula is C26H35F2N3O4S. The van der Waals surface area contributed by atoms with Crippen molar-refractivity contribution in [3.8, 4) is 0 Å². The fourth-order valence-electron chi connectivity index (χ4n) is 3.78. The minimum Gasteiger partial charge on any atom is -0.352 e. The average molecular weight is 524 g/mol. The standard InChI is InChI=1S/C26H35F2N3O4S/c1-5-19(3)29-26(33)24(6-2)30(18-20-11-8-7-9-12-20)25(32)13-10-16-31(36(4,34)35)21-14-15-22(27)23(28)17-21/h7-9,11-12,14-15,17,19,24H,5-6,10,13,16,18H2,1-4H3,(H,29,33)/t19-,24+/m1/s1. The van der Waals surface area contributed by atoms with E-state index in [1.54, 1.807) is 0 Å². The van der Waals surface area contributed by atoms with Gasteiger partial charge < -0.3 is 10.2 Å². The van der Waals surface area contributed by atoms with Gasteiger partial charge in [0, 0.05) is 31.6 Å². The summed E-state index contributed by atoms with van der Waals surface area (Å²) in [6, 6.07) is 11.4. The van der Waals surface area contributed by atoms with E-state index in [1.807, 2.05) is 51.1 Å². The molecule has 0 saturated carbocycles. The fourth-order valence-corrected chi connectivity index (χ4v) is 4.74. The van der Waals surface area contributed by atoms with Gasteiger partial charge in [-0.1, -0.05) is 44.2 Å². The van der Waals surface area contributed by atoms with Gasteiger partial charge in [0.15, 0.2) is 11.6 Å². The number of nitrogens with zero attached hydrogens (tertiary/aromatic N) is 2. The van der Waals surface area contributed by atoms with E-state index in [-0.39, 0.29) is 49.5 Å². The number of nitrogens with one attached hydrogen (secondary N) is 1. The first-order valence-corrected chi connectivity index (χ1v) is 13.9. The van der Waals surface area contributed by atoms with Crippen molar-refractivity contribution in [1.29, 1.82) is 0 Å². The predicted molar refractivity (Wildman–Crippen MR) is 137 cm³/mol. The Morgan fingerprint density at radius 2 is 1.67 bits per heavy atom. The molecule has 10 heteroatoms. The van der Waals surface area contributed by atoms with Crippen LogP contribution in [0.15, 0.2) is 48.5 Å². The van der Waals surface area contributed by atoms with Gasteiger partial charge in [-0.3, -0.25) is 13.9 Å². The highest BCUT2D eigenvalue weighted by molar-refractivity contribution is 7.92. The van der Waals surface area contributed by atoms with Crippen LogP contribution < -0.4 is 9.62 Å². The topological polar surface area (TPSA) is 86.8 Å². The zero-order valence-corrected chi connectivity index (χ0v) is 22.0. The highest BCUT2D eigenvalue weighted by Gasteiger charge is 2.29. The molecule has 198 valence electrons. The smallest absolute Gasteiger partial charge is 0.243 e. The molecule has 2 rings (SSSR count). The molecule has 0 radical (unpaired) electrons. The van der Waals surface area contributed by atoms with Crippen molar-refractivity contribution >= 4 is 27.5 Å². The van der Waals surface area contributed by atoms with Crippen LogP contribution in [0, 0.1) is 11.6 Å². The van der Waals surface area contributed by atoms with E-state index in [1.165, 1.54) is 11.0 Å². The first kappa shape index (κ1) is 29.2. The molecule has 0 aliphatic rings. The number of amides is 2. The highest BCUT2D eigenvalue weighted by atomic mass is 32.2. The minimum absolute atomic E-state index is 0.0237. The second kappa shape index (κ2) is 13.3. The Labute approximate surface area is 212 Å². The van der Waals surface area contributed by atoms with Gasteiger partial charge in [-0.2, -0.15) is 0 Å². The van der Waals surface area contributed by atoms with Crippen molar-refractivity contribution in [3.05, 3.63) is 65.7 Å². The molecule has 2 aromatic carbocycles. The third kappa shape index (κ3) is 8.29. The van der Waals surface area contributed by atoms with Crippen molar-refractivity contribution < 1.29 is 26.8 Å². The average Bonchev–Trinajstić information content (AvgIpc) is 2.83. The Bertz CT molecular complexity index is 1130. The van der Waals surface area contributed by atoms with Gasteiger partial charge in [0.25, 0.3) is 0 Å². The number of hydrogen-bond acceptors (Lipinski definition) is 4. The van der Waals surface area contributed by atoms with Gasteiger partial charge in [0.1, 0.15) is 6.04 Å². The maximum Gasteiger partial charge on any atom is 0.243 e. The number of sulfonamides is 1. The molecule has 2 aromatic rings. The van der Waals surface area contributed by atoms with E-state index in [2.05, 4.69) is 5.32 Å². The van der Waals surface area contributed by atoms with E-state index in [9.17, 15) is 26.8 Å². The first-order valence-electron chi connectivity index (χ1n) is 12.0. The summed E-state index contributed by atoms with van der Waals surface area (Å²) in [5.74, 6) is -2.79. The second-order valence-electron chi connectivity index (χ2n) is 8.79. The second-order valence-corrected chi connectivity index (χ2v) is 10.7. The van der Waals surface area contributed by atoms with Crippen LogP contribution in [0.1, 0.15) is 52.0 Å². The van der Waals surface area contributed by atoms with Gasteiger partial charge in [-0.15, -0.1) is 0 Å². The van der Waals surface area contributed by atoms with Crippen LogP contribution in [0.5, 0.6) is 0 Å². The lowest BCUT2D eigenvalue weighted by Gasteiger charge is -2.32. The van der Waals surface area contributed by atoms with Crippen molar-refractivity contribution in [2.24, 2.45) is 0 Å². The Kier molecular flexibility index (Phi) is 10.8. The van der Waals surface area contributed by atoms with Gasteiger partial charge in [-0.05, 0) is 43.9 Å². The van der Waals surface area contributed by atoms with Gasteiger partial charge in [0.05, 0.1) is 11.9 Å². The summed E-state index contributed by atoms with van der Waals surface area (Å²) in [4.78, 5) is 27.8. The summed E-state index contributed by atoms with van der Waals surface area (Å²) in [5.41, 5.74) is 0.838. The van der Waals surface area contributed by atoms with E-state index in [0.29, 0.717) is 6.42 Å². The molecule has 2 atom stereocenters. The van der Waals surface area contributed by atoms with Crippen molar-refractivity contribution in [1.82, 2.24) is 10.2 Å². The lowest BCUT2D eigenvalue weighted by atomic mass is 10.1. The largest absolute Gasteiger partial charge is 0.352 e. The van der Waals surface area contributed by atoms with E-state index >= 15 is 0 Å². The number of benzene rings is 2. The fraction of sp³-hybridized carbons (Fsp3) is 0.462. The van der Waals surface area contributed by atoms with Crippen molar-refractivity contribution in [3.63, 3.8) is 0 Å². The molecule has 0 unspecified atom stereocenters. The molecule has 0 bridgehead atoms. The van der Waals surface area contributed by atoms with Gasteiger partial charge in [-0.25, -0.2) is 17.2 Å². The van der Waals surface area contributed by atoms with Crippen LogP contribution in [0.2, 0.25) is 0 Å². The Morgan fingerprint density at radius 3 is 2.22 bits per heavy atom. The third-order valence-corrected chi connectivity index (χ3v) is 7.12. The lowest BCUT2D eigenvalue weighted by Crippen LogP contribution is -2.50. The summed E-state index contributed by atoms with van der Waals surface area (Å²) in [7, 11) is -3.81. The number of anilines is 1. The van der Waals surface area contributed by atoms with Crippen LogP contribution in [-0.2, 0) is 26.2 Å². The van der Waals surface area contributed by atoms with Crippen LogP contribution in [0.25, 0.3) is 0 Å². The van der Waals surface area contributed by atoms with Crippen LogP contribution >= 0.6 is 0 Å². The summed E-state index contributed by atoms with van der Waals surface area (Å²) < 4.78 is 52.6. The molecule has 0 saturated heterocycles. The summed E-state index contributed by atoms with van der Waals surface area (Å²) >= 11 is 0. The number of carbonyl (C=O) groups excluding carboxylic acids is 2. The van der Waals surface area contributed by atoms with Crippen LogP contribution in [0.4, 0.5) is 14.5 Å². The summed E-state index contributed by atoms with van der Waals surface area (Å²) in [6.07, 6.45) is 2.21. The molecule has 0 heterocycles. The quantitative estimate of drug-likeness (QED) is 0.426. The van der Waals surface area contributed by atoms with Crippen LogP contribution in [0.3, 0.4) is 0 Å². The minimum atomic E-state index is -3.81. The maximum absolute atomic E-state index is 13.7. The zero-order valence-electron chi connectivity index (χ0n) is 21.2. The molecule has 36 heavy (non-hydrogen) atoms. The van der Waals surface area contributed by atoms with Crippen molar-refractivity contribution in [2.45, 2.75) is 65.1 Å². The van der Waals surface area contributed by atoms with Crippen LogP contribution in [-0.4, -0.2) is 50.0 Å².